The summed E-state index contributed by atoms with van der Waals surface area (Å²) in [6.07, 6.45) is 6.29. The number of hydrogen-bond acceptors (Lipinski definition) is 3. The highest BCUT2D eigenvalue weighted by Crippen LogP contribution is 2.37. The van der Waals surface area contributed by atoms with Gasteiger partial charge < -0.3 is 10.1 Å². The van der Waals surface area contributed by atoms with Crippen LogP contribution >= 0.6 is 12.6 Å². The number of thiol groups is 1. The van der Waals surface area contributed by atoms with E-state index < -0.39 is 0 Å². The van der Waals surface area contributed by atoms with Gasteiger partial charge in [-0.15, -0.1) is 12.6 Å². The zero-order valence-corrected chi connectivity index (χ0v) is 11.8. The van der Waals surface area contributed by atoms with Crippen molar-refractivity contribution >= 4 is 12.6 Å². The van der Waals surface area contributed by atoms with Crippen LogP contribution in [0.2, 0.25) is 0 Å². The Hall–Kier alpha value is -0.250. The van der Waals surface area contributed by atoms with Crippen LogP contribution in [0.3, 0.4) is 0 Å². The second-order valence-electron chi connectivity index (χ2n) is 4.96. The normalized spacial score (nSPS) is 26.6. The summed E-state index contributed by atoms with van der Waals surface area (Å²) in [6.45, 7) is 3.98. The summed E-state index contributed by atoms with van der Waals surface area (Å²) in [6, 6.07) is 0. The summed E-state index contributed by atoms with van der Waals surface area (Å²) in [5.74, 6) is 0. The molecular formula is C14H23NOS. The van der Waals surface area contributed by atoms with E-state index in [1.54, 1.807) is 0 Å². The molecule has 96 valence electrons. The first-order valence-corrected chi connectivity index (χ1v) is 7.06. The summed E-state index contributed by atoms with van der Waals surface area (Å²) >= 11 is 4.68. The summed E-state index contributed by atoms with van der Waals surface area (Å²) in [4.78, 5) is 1.32. The second-order valence-corrected chi connectivity index (χ2v) is 5.50. The predicted molar refractivity (Wildman–Crippen MR) is 75.5 cm³/mol. The van der Waals surface area contributed by atoms with Gasteiger partial charge in [0.05, 0.1) is 12.7 Å². The molecule has 0 saturated heterocycles. The van der Waals surface area contributed by atoms with Gasteiger partial charge >= 0.3 is 0 Å². The fourth-order valence-corrected chi connectivity index (χ4v) is 3.23. The van der Waals surface area contributed by atoms with E-state index in [4.69, 9.17) is 4.74 Å². The molecule has 1 aliphatic heterocycles. The largest absolute Gasteiger partial charge is 0.372 e. The van der Waals surface area contributed by atoms with Crippen molar-refractivity contribution in [2.24, 2.45) is 0 Å². The minimum absolute atomic E-state index is 0.249. The van der Waals surface area contributed by atoms with Crippen LogP contribution in [-0.2, 0) is 4.74 Å². The van der Waals surface area contributed by atoms with Gasteiger partial charge in [-0.2, -0.15) is 0 Å². The van der Waals surface area contributed by atoms with E-state index in [0.717, 1.165) is 26.0 Å². The van der Waals surface area contributed by atoms with Crippen molar-refractivity contribution in [3.8, 4) is 0 Å². The van der Waals surface area contributed by atoms with Crippen molar-refractivity contribution in [2.75, 3.05) is 20.2 Å². The van der Waals surface area contributed by atoms with Crippen LogP contribution in [-0.4, -0.2) is 26.3 Å². The summed E-state index contributed by atoms with van der Waals surface area (Å²) in [7, 11) is 1.98. The van der Waals surface area contributed by atoms with Crippen molar-refractivity contribution in [1.29, 1.82) is 0 Å². The lowest BCUT2D eigenvalue weighted by Crippen LogP contribution is -2.32. The molecule has 2 aliphatic rings. The van der Waals surface area contributed by atoms with E-state index >= 15 is 0 Å². The number of ether oxygens (including phenoxy) is 1. The topological polar surface area (TPSA) is 21.3 Å². The zero-order valence-electron chi connectivity index (χ0n) is 10.9. The van der Waals surface area contributed by atoms with Gasteiger partial charge in [-0.3, -0.25) is 0 Å². The SMILES string of the molecule is CNCC1OCCC(C2=C(S)CCCC2)=C1C. The monoisotopic (exact) mass is 253 g/mol. The molecule has 2 rings (SSSR count). The lowest BCUT2D eigenvalue weighted by molar-refractivity contribution is 0.0691. The fourth-order valence-electron chi connectivity index (χ4n) is 2.82. The fraction of sp³-hybridized carbons (Fsp3) is 0.714. The Balaban J connectivity index is 2.26. The molecule has 0 bridgehead atoms. The van der Waals surface area contributed by atoms with Gasteiger partial charge in [-0.25, -0.2) is 0 Å². The minimum Gasteiger partial charge on any atom is -0.372 e. The van der Waals surface area contributed by atoms with Crippen LogP contribution in [0, 0.1) is 0 Å². The third-order valence-electron chi connectivity index (χ3n) is 3.82. The van der Waals surface area contributed by atoms with E-state index in [-0.39, 0.29) is 6.10 Å². The van der Waals surface area contributed by atoms with Crippen LogP contribution in [0.15, 0.2) is 21.6 Å². The van der Waals surface area contributed by atoms with Gasteiger partial charge in [0.1, 0.15) is 0 Å². The Labute approximate surface area is 110 Å². The summed E-state index contributed by atoms with van der Waals surface area (Å²) in [5.41, 5.74) is 4.46. The molecule has 1 unspecified atom stereocenters. The van der Waals surface area contributed by atoms with Gasteiger partial charge in [0, 0.05) is 6.54 Å². The van der Waals surface area contributed by atoms with Crippen LogP contribution in [0.1, 0.15) is 39.0 Å². The van der Waals surface area contributed by atoms with Crippen LogP contribution in [0.25, 0.3) is 0 Å². The average Bonchev–Trinajstić information content (AvgIpc) is 2.33. The molecule has 3 heteroatoms. The molecule has 1 aliphatic carbocycles. The highest BCUT2D eigenvalue weighted by Gasteiger charge is 2.24. The van der Waals surface area contributed by atoms with E-state index in [1.165, 1.54) is 40.9 Å². The molecule has 0 fully saturated rings. The van der Waals surface area contributed by atoms with Gasteiger partial charge in [0.2, 0.25) is 0 Å². The van der Waals surface area contributed by atoms with E-state index in [1.807, 2.05) is 7.05 Å². The molecule has 0 radical (unpaired) electrons. The molecule has 0 saturated carbocycles. The van der Waals surface area contributed by atoms with E-state index in [2.05, 4.69) is 24.9 Å². The molecular weight excluding hydrogens is 230 g/mol. The molecule has 0 amide bonds. The predicted octanol–water partition coefficient (Wildman–Crippen LogP) is 3.07. The maximum Gasteiger partial charge on any atom is 0.0912 e. The number of nitrogens with one attached hydrogen (secondary N) is 1. The highest BCUT2D eigenvalue weighted by molar-refractivity contribution is 7.84. The second kappa shape index (κ2) is 6.07. The maximum absolute atomic E-state index is 5.82. The smallest absolute Gasteiger partial charge is 0.0912 e. The third kappa shape index (κ3) is 2.95. The molecule has 1 heterocycles. The Morgan fingerprint density at radius 1 is 1.24 bits per heavy atom. The van der Waals surface area contributed by atoms with Gasteiger partial charge in [0.25, 0.3) is 0 Å². The van der Waals surface area contributed by atoms with E-state index in [9.17, 15) is 0 Å². The molecule has 0 spiro atoms. The highest BCUT2D eigenvalue weighted by atomic mass is 32.1. The Kier molecular flexibility index (Phi) is 4.71. The standard InChI is InChI=1S/C14H23NOS/c1-10-11(7-8-16-13(10)9-15-2)12-5-3-4-6-14(12)17/h13,15,17H,3-9H2,1-2H3. The summed E-state index contributed by atoms with van der Waals surface area (Å²) in [5, 5.41) is 3.21. The number of rotatable bonds is 3. The van der Waals surface area contributed by atoms with Gasteiger partial charge in [-0.05, 0) is 67.7 Å². The first-order valence-electron chi connectivity index (χ1n) is 6.61. The Morgan fingerprint density at radius 3 is 2.71 bits per heavy atom. The number of allylic oxidation sites excluding steroid dienone is 2. The van der Waals surface area contributed by atoms with E-state index in [0.29, 0.717) is 0 Å². The van der Waals surface area contributed by atoms with Crippen molar-refractivity contribution in [3.63, 3.8) is 0 Å². The number of likely N-dealkylation sites (N-methyl/N-ethyl adjacent to an activating group) is 1. The quantitative estimate of drug-likeness (QED) is 0.754. The van der Waals surface area contributed by atoms with Crippen LogP contribution in [0.5, 0.6) is 0 Å². The van der Waals surface area contributed by atoms with Crippen molar-refractivity contribution in [3.05, 3.63) is 21.6 Å². The lowest BCUT2D eigenvalue weighted by atomic mass is 9.86. The Bertz CT molecular complexity index is 346. The van der Waals surface area contributed by atoms with Crippen molar-refractivity contribution in [1.82, 2.24) is 5.32 Å². The van der Waals surface area contributed by atoms with Crippen LogP contribution in [0.4, 0.5) is 0 Å². The molecule has 0 aromatic carbocycles. The lowest BCUT2D eigenvalue weighted by Gasteiger charge is -2.30. The first kappa shape index (κ1) is 13.2. The van der Waals surface area contributed by atoms with Crippen molar-refractivity contribution < 1.29 is 4.74 Å². The summed E-state index contributed by atoms with van der Waals surface area (Å²) < 4.78 is 5.82. The van der Waals surface area contributed by atoms with Gasteiger partial charge in [0.15, 0.2) is 0 Å². The average molecular weight is 253 g/mol. The molecule has 17 heavy (non-hydrogen) atoms. The first-order chi connectivity index (χ1) is 8.24. The molecule has 2 nitrogen and oxygen atoms in total. The number of hydrogen-bond donors (Lipinski definition) is 2. The van der Waals surface area contributed by atoms with Crippen molar-refractivity contribution in [2.45, 2.75) is 45.1 Å². The maximum atomic E-state index is 5.82. The van der Waals surface area contributed by atoms with Crippen LogP contribution < -0.4 is 5.32 Å². The Morgan fingerprint density at radius 2 is 2.00 bits per heavy atom. The third-order valence-corrected chi connectivity index (χ3v) is 4.32. The minimum atomic E-state index is 0.249. The molecule has 0 aromatic rings. The molecule has 1 atom stereocenters. The molecule has 0 aromatic heterocycles. The van der Waals surface area contributed by atoms with Gasteiger partial charge in [-0.1, -0.05) is 0 Å². The molecule has 1 N–H and O–H groups in total. The zero-order chi connectivity index (χ0) is 12.3.